The Kier molecular flexibility index (Phi) is 3.63. The first-order valence-corrected chi connectivity index (χ1v) is 4.62. The highest BCUT2D eigenvalue weighted by atomic mass is 32.1. The van der Waals surface area contributed by atoms with E-state index < -0.39 is 5.41 Å². The second kappa shape index (κ2) is 3.69. The van der Waals surface area contributed by atoms with Gasteiger partial charge in [-0.15, -0.1) is 0 Å². The van der Waals surface area contributed by atoms with Crippen LogP contribution in [0, 0.1) is 10.8 Å². The molecule has 0 aliphatic rings. The number of esters is 1. The molecule has 0 heterocycles. The first-order valence-electron chi connectivity index (χ1n) is 3.99. The molecule has 0 aromatic carbocycles. The topological polar surface area (TPSA) is 26.3 Å². The Hall–Kier alpha value is -0.180. The Labute approximate surface area is 80.1 Å². The van der Waals surface area contributed by atoms with Gasteiger partial charge in [0.15, 0.2) is 0 Å². The van der Waals surface area contributed by atoms with E-state index in [1.165, 1.54) is 7.11 Å². The summed E-state index contributed by atoms with van der Waals surface area (Å²) in [5.41, 5.74) is -0.632. The standard InChI is InChI=1S/C9H18O2S/c1-8(2,6-12)9(3,4)7(10)11-5/h12H,6H2,1-5H3. The molecule has 0 N–H and O–H groups in total. The van der Waals surface area contributed by atoms with E-state index in [9.17, 15) is 4.79 Å². The van der Waals surface area contributed by atoms with Crippen molar-refractivity contribution in [2.45, 2.75) is 27.7 Å². The van der Waals surface area contributed by atoms with Crippen molar-refractivity contribution in [2.24, 2.45) is 10.8 Å². The van der Waals surface area contributed by atoms with Gasteiger partial charge in [0.25, 0.3) is 0 Å². The molecule has 2 nitrogen and oxygen atoms in total. The summed E-state index contributed by atoms with van der Waals surface area (Å²) in [4.78, 5) is 11.4. The van der Waals surface area contributed by atoms with Crippen molar-refractivity contribution in [1.82, 2.24) is 0 Å². The number of hydrogen-bond donors (Lipinski definition) is 1. The molecule has 0 rings (SSSR count). The van der Waals surface area contributed by atoms with Crippen molar-refractivity contribution < 1.29 is 9.53 Å². The van der Waals surface area contributed by atoms with Crippen LogP contribution in [0.1, 0.15) is 27.7 Å². The maximum Gasteiger partial charge on any atom is 0.311 e. The summed E-state index contributed by atoms with van der Waals surface area (Å²) >= 11 is 4.22. The number of methoxy groups -OCH3 is 1. The minimum absolute atomic E-state index is 0.150. The highest BCUT2D eigenvalue weighted by molar-refractivity contribution is 7.80. The second-order valence-corrected chi connectivity index (χ2v) is 4.47. The first kappa shape index (κ1) is 11.8. The fraction of sp³-hybridized carbons (Fsp3) is 0.889. The van der Waals surface area contributed by atoms with Gasteiger partial charge in [-0.2, -0.15) is 12.6 Å². The Bertz CT molecular complexity index is 173. The number of carbonyl (C=O) groups is 1. The van der Waals surface area contributed by atoms with Crippen LogP contribution in [-0.4, -0.2) is 18.8 Å². The molecule has 0 radical (unpaired) electrons. The molecule has 0 aromatic heterocycles. The molecule has 0 bridgehead atoms. The molecule has 0 amide bonds. The monoisotopic (exact) mass is 190 g/mol. The summed E-state index contributed by atoms with van der Waals surface area (Å²) < 4.78 is 4.73. The van der Waals surface area contributed by atoms with Crippen LogP contribution >= 0.6 is 12.6 Å². The molecule has 0 spiro atoms. The molecule has 3 heteroatoms. The van der Waals surface area contributed by atoms with Gasteiger partial charge in [0.2, 0.25) is 0 Å². The van der Waals surface area contributed by atoms with Crippen LogP contribution in [0.15, 0.2) is 0 Å². The van der Waals surface area contributed by atoms with Gasteiger partial charge in [0.05, 0.1) is 12.5 Å². The second-order valence-electron chi connectivity index (χ2n) is 4.16. The van der Waals surface area contributed by atoms with E-state index in [0.717, 1.165) is 0 Å². The summed E-state index contributed by atoms with van der Waals surface area (Å²) in [7, 11) is 1.42. The smallest absolute Gasteiger partial charge is 0.311 e. The molecule has 0 aromatic rings. The third-order valence-corrected chi connectivity index (χ3v) is 3.57. The van der Waals surface area contributed by atoms with E-state index in [1.54, 1.807) is 0 Å². The van der Waals surface area contributed by atoms with Crippen molar-refractivity contribution in [3.63, 3.8) is 0 Å². The summed E-state index contributed by atoms with van der Waals surface area (Å²) in [6.45, 7) is 7.79. The van der Waals surface area contributed by atoms with Gasteiger partial charge in [-0.05, 0) is 25.0 Å². The highest BCUT2D eigenvalue weighted by Gasteiger charge is 2.43. The molecule has 12 heavy (non-hydrogen) atoms. The van der Waals surface area contributed by atoms with Crippen molar-refractivity contribution in [3.8, 4) is 0 Å². The largest absolute Gasteiger partial charge is 0.469 e. The average Bonchev–Trinajstić information content (AvgIpc) is 2.02. The highest BCUT2D eigenvalue weighted by Crippen LogP contribution is 2.40. The van der Waals surface area contributed by atoms with Gasteiger partial charge in [0.1, 0.15) is 0 Å². The SMILES string of the molecule is COC(=O)C(C)(C)C(C)(C)CS. The zero-order valence-electron chi connectivity index (χ0n) is 8.47. The quantitative estimate of drug-likeness (QED) is 0.545. The lowest BCUT2D eigenvalue weighted by molar-refractivity contribution is -0.156. The van der Waals surface area contributed by atoms with Crippen LogP contribution in [0.4, 0.5) is 0 Å². The molecule has 0 aliphatic heterocycles. The lowest BCUT2D eigenvalue weighted by Gasteiger charge is -2.37. The van der Waals surface area contributed by atoms with Crippen molar-refractivity contribution in [1.29, 1.82) is 0 Å². The Morgan fingerprint density at radius 2 is 1.75 bits per heavy atom. The third kappa shape index (κ3) is 1.94. The fourth-order valence-corrected chi connectivity index (χ4v) is 1.12. The molecule has 0 atom stereocenters. The van der Waals surface area contributed by atoms with Crippen molar-refractivity contribution >= 4 is 18.6 Å². The molecule has 0 fully saturated rings. The van der Waals surface area contributed by atoms with Crippen molar-refractivity contribution in [3.05, 3.63) is 0 Å². The van der Waals surface area contributed by atoms with E-state index in [0.29, 0.717) is 5.75 Å². The lowest BCUT2D eigenvalue weighted by Crippen LogP contribution is -2.41. The fourth-order valence-electron chi connectivity index (χ4n) is 0.729. The predicted octanol–water partition coefficient (Wildman–Crippen LogP) is 2.14. The van der Waals surface area contributed by atoms with E-state index >= 15 is 0 Å². The maximum absolute atomic E-state index is 11.4. The maximum atomic E-state index is 11.4. The van der Waals surface area contributed by atoms with Gasteiger partial charge >= 0.3 is 5.97 Å². The predicted molar refractivity (Wildman–Crippen MR) is 53.4 cm³/mol. The van der Waals surface area contributed by atoms with Gasteiger partial charge in [-0.1, -0.05) is 13.8 Å². The summed E-state index contributed by atoms with van der Waals surface area (Å²) in [6, 6.07) is 0. The van der Waals surface area contributed by atoms with E-state index in [2.05, 4.69) is 12.6 Å². The minimum atomic E-state index is -0.483. The normalized spacial score (nSPS) is 12.8. The minimum Gasteiger partial charge on any atom is -0.469 e. The number of hydrogen-bond acceptors (Lipinski definition) is 3. The molecule has 0 aliphatic carbocycles. The van der Waals surface area contributed by atoms with Gasteiger partial charge < -0.3 is 4.74 Å². The number of carbonyl (C=O) groups excluding carboxylic acids is 1. The van der Waals surface area contributed by atoms with E-state index in [1.807, 2.05) is 27.7 Å². The molecular formula is C9H18O2S. The van der Waals surface area contributed by atoms with E-state index in [-0.39, 0.29) is 11.4 Å². The summed E-state index contributed by atoms with van der Waals surface area (Å²) in [5, 5.41) is 0. The van der Waals surface area contributed by atoms with Gasteiger partial charge in [-0.3, -0.25) is 4.79 Å². The zero-order valence-corrected chi connectivity index (χ0v) is 9.37. The Balaban J connectivity index is 4.71. The molecule has 0 unspecified atom stereocenters. The van der Waals surface area contributed by atoms with Crippen LogP contribution in [0.25, 0.3) is 0 Å². The van der Waals surface area contributed by atoms with Crippen LogP contribution in [0.3, 0.4) is 0 Å². The molecular weight excluding hydrogens is 172 g/mol. The third-order valence-electron chi connectivity index (χ3n) is 2.78. The van der Waals surface area contributed by atoms with Crippen LogP contribution in [-0.2, 0) is 9.53 Å². The van der Waals surface area contributed by atoms with Crippen molar-refractivity contribution in [2.75, 3.05) is 12.9 Å². The average molecular weight is 190 g/mol. The molecule has 0 saturated heterocycles. The van der Waals surface area contributed by atoms with Gasteiger partial charge in [-0.25, -0.2) is 0 Å². The number of rotatable bonds is 3. The van der Waals surface area contributed by atoms with Gasteiger partial charge in [0, 0.05) is 0 Å². The zero-order chi connectivity index (χ0) is 9.99. The Morgan fingerprint density at radius 1 is 1.33 bits per heavy atom. The number of thiol groups is 1. The van der Waals surface area contributed by atoms with E-state index in [4.69, 9.17) is 4.74 Å². The number of ether oxygens (including phenoxy) is 1. The van der Waals surface area contributed by atoms with Crippen LogP contribution < -0.4 is 0 Å². The lowest BCUT2D eigenvalue weighted by atomic mass is 9.69. The van der Waals surface area contributed by atoms with Crippen LogP contribution in [0.5, 0.6) is 0 Å². The first-order chi connectivity index (χ1) is 5.29. The molecule has 72 valence electrons. The summed E-state index contributed by atoms with van der Waals surface area (Å²) in [5.74, 6) is 0.483. The molecule has 0 saturated carbocycles. The van der Waals surface area contributed by atoms with Crippen LogP contribution in [0.2, 0.25) is 0 Å². The Morgan fingerprint density at radius 3 is 2.00 bits per heavy atom. The summed E-state index contributed by atoms with van der Waals surface area (Å²) in [6.07, 6.45) is 0.